The van der Waals surface area contributed by atoms with Crippen molar-refractivity contribution in [1.82, 2.24) is 0 Å². The van der Waals surface area contributed by atoms with Crippen LogP contribution in [0.2, 0.25) is 0 Å². The fraction of sp³-hybridized carbons (Fsp3) is 0.0769. The standard InChI is InChI=1S/C13H10O3S/c14-17(15)13-7-6-11(8-12(13)9-16-17)10-4-2-1-3-5-10/h1-8H,9H2. The zero-order valence-electron chi connectivity index (χ0n) is 8.96. The van der Waals surface area contributed by atoms with Crippen molar-refractivity contribution < 1.29 is 12.6 Å². The third kappa shape index (κ3) is 1.75. The molecule has 0 amide bonds. The predicted molar refractivity (Wildman–Crippen MR) is 63.9 cm³/mol. The van der Waals surface area contributed by atoms with E-state index in [1.165, 1.54) is 0 Å². The Morgan fingerprint density at radius 2 is 1.71 bits per heavy atom. The number of benzene rings is 2. The molecule has 1 aliphatic rings. The van der Waals surface area contributed by atoms with Crippen molar-refractivity contribution in [2.75, 3.05) is 0 Å². The summed E-state index contributed by atoms with van der Waals surface area (Å²) in [6.07, 6.45) is 0. The SMILES string of the molecule is O=S1(=O)OCc2cc(-c3ccccc3)ccc21. The highest BCUT2D eigenvalue weighted by Gasteiger charge is 2.27. The van der Waals surface area contributed by atoms with Gasteiger partial charge in [0.1, 0.15) is 0 Å². The topological polar surface area (TPSA) is 43.4 Å². The third-order valence-corrected chi connectivity index (χ3v) is 4.17. The van der Waals surface area contributed by atoms with E-state index in [0.717, 1.165) is 16.7 Å². The number of hydrogen-bond donors (Lipinski definition) is 0. The summed E-state index contributed by atoms with van der Waals surface area (Å²) in [6, 6.07) is 15.1. The van der Waals surface area contributed by atoms with Crippen LogP contribution in [0, 0.1) is 0 Å². The van der Waals surface area contributed by atoms with Gasteiger partial charge in [-0.25, -0.2) is 0 Å². The van der Waals surface area contributed by atoms with Gasteiger partial charge in [0.15, 0.2) is 0 Å². The van der Waals surface area contributed by atoms with E-state index in [-0.39, 0.29) is 11.5 Å². The van der Waals surface area contributed by atoms with Crippen molar-refractivity contribution in [2.45, 2.75) is 11.5 Å². The van der Waals surface area contributed by atoms with Gasteiger partial charge < -0.3 is 0 Å². The smallest absolute Gasteiger partial charge is 0.261 e. The molecule has 1 aliphatic heterocycles. The summed E-state index contributed by atoms with van der Waals surface area (Å²) >= 11 is 0. The van der Waals surface area contributed by atoms with Gasteiger partial charge >= 0.3 is 0 Å². The minimum absolute atomic E-state index is 0.137. The van der Waals surface area contributed by atoms with E-state index in [2.05, 4.69) is 0 Å². The van der Waals surface area contributed by atoms with Crippen molar-refractivity contribution in [2.24, 2.45) is 0 Å². The maximum atomic E-state index is 11.5. The van der Waals surface area contributed by atoms with E-state index in [4.69, 9.17) is 4.18 Å². The van der Waals surface area contributed by atoms with Crippen molar-refractivity contribution in [3.05, 3.63) is 54.1 Å². The molecule has 0 saturated carbocycles. The zero-order valence-corrected chi connectivity index (χ0v) is 9.78. The van der Waals surface area contributed by atoms with Crippen LogP contribution in [-0.4, -0.2) is 8.42 Å². The molecule has 0 unspecified atom stereocenters. The second kappa shape index (κ2) is 3.68. The second-order valence-electron chi connectivity index (χ2n) is 3.90. The summed E-state index contributed by atoms with van der Waals surface area (Å²) in [5.41, 5.74) is 2.80. The Balaban J connectivity index is 2.13. The molecule has 4 heteroatoms. The highest BCUT2D eigenvalue weighted by Crippen LogP contribution is 2.31. The van der Waals surface area contributed by atoms with E-state index in [1.54, 1.807) is 12.1 Å². The van der Waals surface area contributed by atoms with Crippen LogP contribution in [0.25, 0.3) is 11.1 Å². The van der Waals surface area contributed by atoms with Gasteiger partial charge in [-0.3, -0.25) is 4.18 Å². The molecule has 0 N–H and O–H groups in total. The minimum atomic E-state index is -3.50. The molecule has 0 radical (unpaired) electrons. The van der Waals surface area contributed by atoms with Crippen LogP contribution in [0.5, 0.6) is 0 Å². The quantitative estimate of drug-likeness (QED) is 0.726. The van der Waals surface area contributed by atoms with Gasteiger partial charge in [0, 0.05) is 5.56 Å². The molecule has 1 heterocycles. The molecule has 86 valence electrons. The third-order valence-electron chi connectivity index (χ3n) is 2.81. The van der Waals surface area contributed by atoms with Gasteiger partial charge in [-0.05, 0) is 23.3 Å². The Morgan fingerprint density at radius 1 is 0.941 bits per heavy atom. The maximum Gasteiger partial charge on any atom is 0.297 e. The van der Waals surface area contributed by atoms with Gasteiger partial charge in [0.05, 0.1) is 11.5 Å². The van der Waals surface area contributed by atoms with Crippen LogP contribution in [0.3, 0.4) is 0 Å². The average molecular weight is 246 g/mol. The van der Waals surface area contributed by atoms with Gasteiger partial charge in [0.25, 0.3) is 10.1 Å². The Kier molecular flexibility index (Phi) is 2.28. The van der Waals surface area contributed by atoms with Crippen molar-refractivity contribution in [1.29, 1.82) is 0 Å². The van der Waals surface area contributed by atoms with Gasteiger partial charge in [-0.1, -0.05) is 36.4 Å². The van der Waals surface area contributed by atoms with E-state index >= 15 is 0 Å². The molecule has 0 bridgehead atoms. The van der Waals surface area contributed by atoms with Crippen LogP contribution in [0.1, 0.15) is 5.56 Å². The normalized spacial score (nSPS) is 16.7. The van der Waals surface area contributed by atoms with Gasteiger partial charge in [-0.2, -0.15) is 8.42 Å². The monoisotopic (exact) mass is 246 g/mol. The summed E-state index contributed by atoms with van der Waals surface area (Å²) in [6.45, 7) is 0.137. The van der Waals surface area contributed by atoms with Gasteiger partial charge in [-0.15, -0.1) is 0 Å². The summed E-state index contributed by atoms with van der Waals surface area (Å²) in [4.78, 5) is 0.289. The molecule has 0 aliphatic carbocycles. The van der Waals surface area contributed by atoms with E-state index < -0.39 is 10.1 Å². The summed E-state index contributed by atoms with van der Waals surface area (Å²) < 4.78 is 27.7. The first-order chi connectivity index (χ1) is 8.17. The molecule has 0 fully saturated rings. The molecule has 2 aromatic carbocycles. The van der Waals surface area contributed by atoms with Gasteiger partial charge in [0.2, 0.25) is 0 Å². The lowest BCUT2D eigenvalue weighted by Crippen LogP contribution is -1.95. The van der Waals surface area contributed by atoms with E-state index in [9.17, 15) is 8.42 Å². The maximum absolute atomic E-state index is 11.5. The largest absolute Gasteiger partial charge is 0.297 e. The highest BCUT2D eigenvalue weighted by atomic mass is 32.2. The molecule has 2 aromatic rings. The Bertz CT molecular complexity index is 660. The Hall–Kier alpha value is -1.65. The molecule has 0 spiro atoms. The molecule has 0 saturated heterocycles. The van der Waals surface area contributed by atoms with Crippen molar-refractivity contribution >= 4 is 10.1 Å². The summed E-state index contributed by atoms with van der Waals surface area (Å²) in [5.74, 6) is 0. The summed E-state index contributed by atoms with van der Waals surface area (Å²) in [5, 5.41) is 0. The lowest BCUT2D eigenvalue weighted by Gasteiger charge is -2.02. The molecule has 0 atom stereocenters. The summed E-state index contributed by atoms with van der Waals surface area (Å²) in [7, 11) is -3.50. The molecular formula is C13H10O3S. The lowest BCUT2D eigenvalue weighted by atomic mass is 10.0. The van der Waals surface area contributed by atoms with Crippen LogP contribution in [0.4, 0.5) is 0 Å². The van der Waals surface area contributed by atoms with E-state index in [0.29, 0.717) is 0 Å². The Labute approximate surface area is 99.8 Å². The highest BCUT2D eigenvalue weighted by molar-refractivity contribution is 7.87. The molecule has 3 nitrogen and oxygen atoms in total. The van der Waals surface area contributed by atoms with Crippen molar-refractivity contribution in [3.8, 4) is 11.1 Å². The molecule has 0 aromatic heterocycles. The number of fused-ring (bicyclic) bond motifs is 1. The zero-order chi connectivity index (χ0) is 11.9. The first kappa shape index (κ1) is 10.5. The van der Waals surface area contributed by atoms with Crippen LogP contribution in [0.15, 0.2) is 53.4 Å². The average Bonchev–Trinajstić information content (AvgIpc) is 2.66. The minimum Gasteiger partial charge on any atom is -0.261 e. The molecular weight excluding hydrogens is 236 g/mol. The fourth-order valence-corrected chi connectivity index (χ4v) is 3.03. The first-order valence-electron chi connectivity index (χ1n) is 5.25. The fourth-order valence-electron chi connectivity index (χ4n) is 1.95. The van der Waals surface area contributed by atoms with E-state index in [1.807, 2.05) is 36.4 Å². The number of hydrogen-bond acceptors (Lipinski definition) is 3. The predicted octanol–water partition coefficient (Wildman–Crippen LogP) is 2.57. The second-order valence-corrected chi connectivity index (χ2v) is 5.49. The molecule has 3 rings (SSSR count). The van der Waals surface area contributed by atoms with Crippen molar-refractivity contribution in [3.63, 3.8) is 0 Å². The number of rotatable bonds is 1. The van der Waals surface area contributed by atoms with Crippen LogP contribution >= 0.6 is 0 Å². The molecule has 17 heavy (non-hydrogen) atoms. The van der Waals surface area contributed by atoms with Crippen LogP contribution in [-0.2, 0) is 20.9 Å². The lowest BCUT2D eigenvalue weighted by molar-refractivity contribution is 0.328. The Morgan fingerprint density at radius 3 is 2.47 bits per heavy atom. The first-order valence-corrected chi connectivity index (χ1v) is 6.65. The van der Waals surface area contributed by atoms with Crippen LogP contribution < -0.4 is 0 Å².